The summed E-state index contributed by atoms with van der Waals surface area (Å²) in [6.45, 7) is 4.17. The first-order valence-electron chi connectivity index (χ1n) is 7.73. The van der Waals surface area contributed by atoms with Gasteiger partial charge in [-0.15, -0.1) is 0 Å². The fourth-order valence-corrected chi connectivity index (χ4v) is 4.41. The van der Waals surface area contributed by atoms with E-state index in [0.717, 1.165) is 17.3 Å². The van der Waals surface area contributed by atoms with Crippen molar-refractivity contribution in [3.05, 3.63) is 28.7 Å². The summed E-state index contributed by atoms with van der Waals surface area (Å²) >= 11 is 3.29. The van der Waals surface area contributed by atoms with Crippen LogP contribution in [0, 0.1) is 0 Å². The highest BCUT2D eigenvalue weighted by molar-refractivity contribution is 9.10. The Hall–Kier alpha value is -1.12. The lowest BCUT2D eigenvalue weighted by Gasteiger charge is -2.34. The van der Waals surface area contributed by atoms with E-state index < -0.39 is 10.0 Å². The summed E-state index contributed by atoms with van der Waals surface area (Å²) in [4.78, 5) is 13.9. The number of nitrogens with zero attached hydrogens (tertiary/aromatic N) is 2. The fraction of sp³-hybridized carbons (Fsp3) is 0.533. The number of hydrogen-bond acceptors (Lipinski definition) is 3. The first-order valence-corrected chi connectivity index (χ1v) is 9.97. The fourth-order valence-electron chi connectivity index (χ4n) is 2.39. The normalized spacial score (nSPS) is 16.3. The van der Waals surface area contributed by atoms with E-state index in [1.807, 2.05) is 0 Å². The molecule has 0 atom stereocenters. The van der Waals surface area contributed by atoms with Crippen molar-refractivity contribution in [3.8, 4) is 0 Å². The monoisotopic (exact) mass is 403 g/mol. The number of hydrogen-bond donors (Lipinski definition) is 1. The molecule has 23 heavy (non-hydrogen) atoms. The number of amides is 2. The highest BCUT2D eigenvalue weighted by Gasteiger charge is 2.30. The molecule has 1 N–H and O–H groups in total. The number of carbonyl (C=O) groups is 1. The Morgan fingerprint density at radius 2 is 1.96 bits per heavy atom. The maximum Gasteiger partial charge on any atom is 0.317 e. The molecule has 2 rings (SSSR count). The van der Waals surface area contributed by atoms with Crippen molar-refractivity contribution >= 4 is 32.0 Å². The van der Waals surface area contributed by atoms with Crippen molar-refractivity contribution in [3.63, 3.8) is 0 Å². The summed E-state index contributed by atoms with van der Waals surface area (Å²) in [6.07, 6.45) is 1.97. The summed E-state index contributed by atoms with van der Waals surface area (Å²) in [5.41, 5.74) is 0. The largest absolute Gasteiger partial charge is 0.338 e. The van der Waals surface area contributed by atoms with Crippen LogP contribution in [0.4, 0.5) is 4.79 Å². The minimum Gasteiger partial charge on any atom is -0.338 e. The van der Waals surface area contributed by atoms with E-state index in [1.165, 1.54) is 4.31 Å². The van der Waals surface area contributed by atoms with Crippen LogP contribution < -0.4 is 5.32 Å². The van der Waals surface area contributed by atoms with Crippen LogP contribution in [-0.2, 0) is 10.0 Å². The number of carbonyl (C=O) groups excluding carboxylic acids is 1. The second-order valence-corrected chi connectivity index (χ2v) is 8.29. The first-order chi connectivity index (χ1) is 10.9. The molecule has 1 saturated heterocycles. The predicted octanol–water partition coefficient (Wildman–Crippen LogP) is 2.27. The molecule has 0 spiro atoms. The third-order valence-corrected chi connectivity index (χ3v) is 6.15. The molecule has 6 nitrogen and oxygen atoms in total. The average Bonchev–Trinajstić information content (AvgIpc) is 2.55. The summed E-state index contributed by atoms with van der Waals surface area (Å²) in [5.74, 6) is 0. The maximum absolute atomic E-state index is 12.6. The number of unbranched alkanes of at least 4 members (excludes halogenated alkanes) is 1. The maximum atomic E-state index is 12.6. The Morgan fingerprint density at radius 1 is 1.26 bits per heavy atom. The van der Waals surface area contributed by atoms with Gasteiger partial charge in [-0.2, -0.15) is 4.31 Å². The van der Waals surface area contributed by atoms with Gasteiger partial charge in [-0.3, -0.25) is 0 Å². The number of benzene rings is 1. The van der Waals surface area contributed by atoms with Crippen LogP contribution in [0.2, 0.25) is 0 Å². The molecule has 0 radical (unpaired) electrons. The van der Waals surface area contributed by atoms with Crippen LogP contribution in [0.1, 0.15) is 19.8 Å². The standard InChI is InChI=1S/C15H22BrN3O3S/c1-2-3-7-17-15(20)18-8-10-19(11-9-18)23(21,22)14-6-4-5-13(16)12-14/h4-6,12H,2-3,7-11H2,1H3,(H,17,20). The lowest BCUT2D eigenvalue weighted by atomic mass is 10.3. The van der Waals surface area contributed by atoms with Gasteiger partial charge in [0.2, 0.25) is 10.0 Å². The van der Waals surface area contributed by atoms with E-state index in [4.69, 9.17) is 0 Å². The minimum absolute atomic E-state index is 0.113. The molecule has 0 aliphatic carbocycles. The highest BCUT2D eigenvalue weighted by Crippen LogP contribution is 2.21. The third-order valence-electron chi connectivity index (χ3n) is 3.77. The Kier molecular flexibility index (Phi) is 6.43. The second kappa shape index (κ2) is 8.12. The zero-order chi connectivity index (χ0) is 16.9. The minimum atomic E-state index is -3.51. The van der Waals surface area contributed by atoms with Gasteiger partial charge in [-0.25, -0.2) is 13.2 Å². The van der Waals surface area contributed by atoms with Gasteiger partial charge in [-0.05, 0) is 24.6 Å². The van der Waals surface area contributed by atoms with Crippen LogP contribution in [0.15, 0.2) is 33.6 Å². The Bertz CT molecular complexity index is 643. The van der Waals surface area contributed by atoms with Crippen LogP contribution in [-0.4, -0.2) is 56.4 Å². The zero-order valence-corrected chi connectivity index (χ0v) is 15.6. The van der Waals surface area contributed by atoms with Gasteiger partial charge >= 0.3 is 6.03 Å². The van der Waals surface area contributed by atoms with Crippen molar-refractivity contribution in [2.75, 3.05) is 32.7 Å². The molecule has 1 fully saturated rings. The highest BCUT2D eigenvalue weighted by atomic mass is 79.9. The zero-order valence-electron chi connectivity index (χ0n) is 13.2. The number of piperazine rings is 1. The first kappa shape index (κ1) is 18.2. The molecule has 1 aliphatic rings. The number of halogens is 1. The van der Waals surface area contributed by atoms with Gasteiger partial charge in [0.05, 0.1) is 4.90 Å². The van der Waals surface area contributed by atoms with E-state index in [-0.39, 0.29) is 10.9 Å². The topological polar surface area (TPSA) is 69.7 Å². The molecule has 0 aromatic heterocycles. The summed E-state index contributed by atoms with van der Waals surface area (Å²) in [6, 6.07) is 6.56. The van der Waals surface area contributed by atoms with Gasteiger partial charge < -0.3 is 10.2 Å². The smallest absolute Gasteiger partial charge is 0.317 e. The number of sulfonamides is 1. The molecular formula is C15H22BrN3O3S. The van der Waals surface area contributed by atoms with Crippen LogP contribution >= 0.6 is 15.9 Å². The van der Waals surface area contributed by atoms with E-state index in [9.17, 15) is 13.2 Å². The van der Waals surface area contributed by atoms with Gasteiger partial charge in [-0.1, -0.05) is 35.3 Å². The third kappa shape index (κ3) is 4.68. The quantitative estimate of drug-likeness (QED) is 0.766. The molecule has 0 unspecified atom stereocenters. The molecule has 1 heterocycles. The van der Waals surface area contributed by atoms with Crippen LogP contribution in [0.5, 0.6) is 0 Å². The number of urea groups is 1. The van der Waals surface area contributed by atoms with Crippen molar-refractivity contribution < 1.29 is 13.2 Å². The van der Waals surface area contributed by atoms with Gasteiger partial charge in [0.1, 0.15) is 0 Å². The van der Waals surface area contributed by atoms with E-state index in [0.29, 0.717) is 32.7 Å². The molecular weight excluding hydrogens is 382 g/mol. The number of nitrogens with one attached hydrogen (secondary N) is 1. The van der Waals surface area contributed by atoms with Crippen molar-refractivity contribution in [2.45, 2.75) is 24.7 Å². The predicted molar refractivity (Wildman–Crippen MR) is 92.8 cm³/mol. The Balaban J connectivity index is 1.94. The van der Waals surface area contributed by atoms with E-state index in [2.05, 4.69) is 28.2 Å². The summed E-state index contributed by atoms with van der Waals surface area (Å²) in [7, 11) is -3.51. The van der Waals surface area contributed by atoms with Gasteiger partial charge in [0.15, 0.2) is 0 Å². The second-order valence-electron chi connectivity index (χ2n) is 5.43. The molecule has 8 heteroatoms. The average molecular weight is 404 g/mol. The number of rotatable bonds is 5. The van der Waals surface area contributed by atoms with Gasteiger partial charge in [0, 0.05) is 37.2 Å². The molecule has 128 valence electrons. The molecule has 1 aromatic rings. The van der Waals surface area contributed by atoms with E-state index >= 15 is 0 Å². The molecule has 0 bridgehead atoms. The molecule has 1 aromatic carbocycles. The van der Waals surface area contributed by atoms with Crippen LogP contribution in [0.25, 0.3) is 0 Å². The Labute approximate surface area is 146 Å². The lowest BCUT2D eigenvalue weighted by Crippen LogP contribution is -2.53. The summed E-state index contributed by atoms with van der Waals surface area (Å²) < 4.78 is 27.4. The van der Waals surface area contributed by atoms with Crippen molar-refractivity contribution in [2.24, 2.45) is 0 Å². The molecule has 0 saturated carbocycles. The van der Waals surface area contributed by atoms with Gasteiger partial charge in [0.25, 0.3) is 0 Å². The van der Waals surface area contributed by atoms with Crippen LogP contribution in [0.3, 0.4) is 0 Å². The SMILES string of the molecule is CCCCNC(=O)N1CCN(S(=O)(=O)c2cccc(Br)c2)CC1. The molecule has 1 aliphatic heterocycles. The van der Waals surface area contributed by atoms with Crippen molar-refractivity contribution in [1.82, 2.24) is 14.5 Å². The lowest BCUT2D eigenvalue weighted by molar-refractivity contribution is 0.172. The van der Waals surface area contributed by atoms with Crippen molar-refractivity contribution in [1.29, 1.82) is 0 Å². The summed E-state index contributed by atoms with van der Waals surface area (Å²) in [5, 5.41) is 2.86. The molecule has 2 amide bonds. The Morgan fingerprint density at radius 3 is 2.57 bits per heavy atom. The van der Waals surface area contributed by atoms with E-state index in [1.54, 1.807) is 29.2 Å².